The first-order chi connectivity index (χ1) is 31.5. The van der Waals surface area contributed by atoms with E-state index < -0.39 is 59.8 Å². The maximum atomic E-state index is 14.5. The Bertz CT molecular complexity index is 1880. The maximum Gasteiger partial charge on any atom is 0.329 e. The number of aromatic nitrogens is 4. The van der Waals surface area contributed by atoms with E-state index in [2.05, 4.69) is 35.4 Å². The third kappa shape index (κ3) is 13.9. The average molecular weight is 922 g/mol. The van der Waals surface area contributed by atoms with Gasteiger partial charge in [-0.05, 0) is 143 Å². The normalized spacial score (nSPS) is 38.8. The molecule has 4 heterocycles. The van der Waals surface area contributed by atoms with Crippen molar-refractivity contribution in [2.24, 2.45) is 35.5 Å². The van der Waals surface area contributed by atoms with Crippen LogP contribution in [-0.4, -0.2) is 122 Å². The number of hydrogen-bond acceptors (Lipinski definition) is 13. The van der Waals surface area contributed by atoms with Crippen molar-refractivity contribution in [1.29, 1.82) is 0 Å². The predicted octanol–water partition coefficient (Wildman–Crippen LogP) is 7.24. The molecular formula is C51H79N5O10. The van der Waals surface area contributed by atoms with Crippen LogP contribution in [0.15, 0.2) is 53.9 Å². The molecule has 0 spiro atoms. The molecule has 2 saturated heterocycles. The molecule has 4 aliphatic rings. The molecule has 0 unspecified atom stereocenters. The highest BCUT2D eigenvalue weighted by molar-refractivity contribution is 6.39. The standard InChI is InChI=1S/C51H79N5O10/c1-32-15-11-10-12-16-33(2)27-36(5)45(57)47(64-9)46(58)37(6)28-34(3)19-25-43(35(4)29-39-21-24-41(44(30-39)63-8)56-31-52-53-54-56)65-50(61)42-17-13-14-26-55(42)49(60)48(59)51(62)38(7)20-23-40(66-51)22-18-32/h10-12,15-16,28,31,33-36,38-44,46-47,58,62H,13-14,17-27,29-30H2,1-9H3/b11-10+,16-12+,32-15+,37-28+/t33-,34+,35-,36-,38-,39+,40-,41+,42+,43+,44-,46-,47+,51-/m1/s1. The lowest BCUT2D eigenvalue weighted by Gasteiger charge is -2.42. The lowest BCUT2D eigenvalue weighted by Crippen LogP contribution is -2.60. The number of carbonyl (C=O) groups excluding carboxylic acids is 4. The molecule has 15 heteroatoms. The number of amides is 1. The quantitative estimate of drug-likeness (QED) is 0.165. The second kappa shape index (κ2) is 24.9. The summed E-state index contributed by atoms with van der Waals surface area (Å²) in [4.78, 5) is 57.8. The molecule has 3 aliphatic heterocycles. The smallest absolute Gasteiger partial charge is 0.329 e. The van der Waals surface area contributed by atoms with Gasteiger partial charge in [0.15, 0.2) is 5.78 Å². The summed E-state index contributed by atoms with van der Waals surface area (Å²) in [5, 5.41) is 35.2. The van der Waals surface area contributed by atoms with Crippen LogP contribution in [0.2, 0.25) is 0 Å². The molecule has 1 saturated carbocycles. The molecule has 2 bridgehead atoms. The van der Waals surface area contributed by atoms with Crippen LogP contribution in [0.25, 0.3) is 0 Å². The fourth-order valence-corrected chi connectivity index (χ4v) is 10.6. The third-order valence-electron chi connectivity index (χ3n) is 14.8. The van der Waals surface area contributed by atoms with E-state index in [-0.39, 0.29) is 54.1 Å². The zero-order valence-electron chi connectivity index (χ0n) is 41.1. The van der Waals surface area contributed by atoms with E-state index in [0.717, 1.165) is 31.3 Å². The number of ketones is 2. The number of carbonyl (C=O) groups is 4. The van der Waals surface area contributed by atoms with Crippen molar-refractivity contribution in [3.8, 4) is 0 Å². The van der Waals surface area contributed by atoms with Gasteiger partial charge in [0, 0.05) is 32.6 Å². The van der Waals surface area contributed by atoms with Crippen molar-refractivity contribution in [1.82, 2.24) is 25.1 Å². The number of aliphatic hydroxyl groups is 2. The molecule has 2 N–H and O–H groups in total. The lowest BCUT2D eigenvalue weighted by molar-refractivity contribution is -0.263. The number of methoxy groups -OCH3 is 2. The molecule has 0 radical (unpaired) electrons. The predicted molar refractivity (Wildman–Crippen MR) is 249 cm³/mol. The highest BCUT2D eigenvalue weighted by Gasteiger charge is 2.52. The number of piperidine rings is 1. The Morgan fingerprint density at radius 2 is 1.67 bits per heavy atom. The number of tetrazole rings is 1. The van der Waals surface area contributed by atoms with Crippen LogP contribution in [-0.2, 0) is 38.1 Å². The van der Waals surface area contributed by atoms with Gasteiger partial charge in [0.1, 0.15) is 30.7 Å². The van der Waals surface area contributed by atoms with Gasteiger partial charge in [0.05, 0.1) is 18.2 Å². The summed E-state index contributed by atoms with van der Waals surface area (Å²) in [5.74, 6) is -5.75. The van der Waals surface area contributed by atoms with Crippen LogP contribution in [0.3, 0.4) is 0 Å². The number of hydrogen-bond donors (Lipinski definition) is 2. The van der Waals surface area contributed by atoms with Crippen LogP contribution in [0.1, 0.15) is 144 Å². The Balaban J connectivity index is 1.41. The molecule has 14 atom stereocenters. The number of ether oxygens (including phenoxy) is 4. The van der Waals surface area contributed by atoms with E-state index in [1.807, 2.05) is 58.1 Å². The van der Waals surface area contributed by atoms with Gasteiger partial charge in [0.25, 0.3) is 11.7 Å². The summed E-state index contributed by atoms with van der Waals surface area (Å²) in [6, 6.07) is -0.983. The number of cyclic esters (lactones) is 1. The van der Waals surface area contributed by atoms with Crippen molar-refractivity contribution in [3.05, 3.63) is 53.9 Å². The van der Waals surface area contributed by atoms with Crippen molar-refractivity contribution < 1.29 is 48.3 Å². The highest BCUT2D eigenvalue weighted by atomic mass is 16.6. The second-order valence-corrected chi connectivity index (χ2v) is 20.2. The number of nitrogens with zero attached hydrogens (tertiary/aromatic N) is 5. The Labute approximate surface area is 392 Å². The van der Waals surface area contributed by atoms with Crippen molar-refractivity contribution in [3.63, 3.8) is 0 Å². The highest BCUT2D eigenvalue weighted by Crippen LogP contribution is 2.39. The molecular weight excluding hydrogens is 843 g/mol. The number of aliphatic hydroxyl groups excluding tert-OH is 1. The Morgan fingerprint density at radius 3 is 2.38 bits per heavy atom. The number of Topliss-reactive ketones (excluding diaryl/α,β-unsaturated/α-hetero) is 2. The molecule has 1 aromatic heterocycles. The summed E-state index contributed by atoms with van der Waals surface area (Å²) < 4.78 is 26.0. The third-order valence-corrected chi connectivity index (χ3v) is 14.8. The van der Waals surface area contributed by atoms with Crippen LogP contribution < -0.4 is 0 Å². The van der Waals surface area contributed by atoms with E-state index >= 15 is 0 Å². The molecule has 1 amide bonds. The van der Waals surface area contributed by atoms with Crippen LogP contribution in [0.5, 0.6) is 0 Å². The molecule has 5 rings (SSSR count). The molecule has 15 nitrogen and oxygen atoms in total. The average Bonchev–Trinajstić information content (AvgIpc) is 3.85. The Kier molecular flexibility index (Phi) is 20.0. The number of fused-ring (bicyclic) bond motifs is 3. The first-order valence-corrected chi connectivity index (χ1v) is 24.6. The van der Waals surface area contributed by atoms with Gasteiger partial charge in [-0.15, -0.1) is 5.10 Å². The summed E-state index contributed by atoms with van der Waals surface area (Å²) in [6.45, 7) is 13.8. The van der Waals surface area contributed by atoms with Gasteiger partial charge in [-0.1, -0.05) is 76.6 Å². The lowest BCUT2D eigenvalue weighted by atomic mass is 9.77. The van der Waals surface area contributed by atoms with Gasteiger partial charge >= 0.3 is 5.97 Å². The van der Waals surface area contributed by atoms with E-state index in [9.17, 15) is 29.4 Å². The summed E-state index contributed by atoms with van der Waals surface area (Å²) in [6.07, 6.45) is 19.2. The van der Waals surface area contributed by atoms with Gasteiger partial charge in [-0.25, -0.2) is 9.48 Å². The van der Waals surface area contributed by atoms with E-state index in [1.165, 1.54) is 12.0 Å². The number of allylic oxidation sites excluding steroid dienone is 7. The minimum absolute atomic E-state index is 0.0141. The SMILES string of the molecule is CO[C@@H]1C[C@H](C[C@@H](C)[C@@H]2CC[C@H](C)/C=C(\C)[C@@H](O)[C@@H](OC)C(=O)[C@H](C)C[C@H](C)/C=C/C=C/C=C(\C)CC[C@@H]3CC[C@@H](C)[C@@](O)(O3)C(=O)C(=O)N3CCCC[C@H]3C(=O)O2)CC[C@@H]1n1cnnn1. The molecule has 1 aliphatic carbocycles. The first-order valence-electron chi connectivity index (χ1n) is 24.6. The monoisotopic (exact) mass is 922 g/mol. The molecule has 66 heavy (non-hydrogen) atoms. The van der Waals surface area contributed by atoms with Crippen LogP contribution in [0.4, 0.5) is 0 Å². The molecule has 0 aromatic carbocycles. The number of rotatable bonds is 6. The summed E-state index contributed by atoms with van der Waals surface area (Å²) in [5.41, 5.74) is 1.71. The first kappa shape index (κ1) is 53.1. The van der Waals surface area contributed by atoms with Crippen LogP contribution >= 0.6 is 0 Å². The number of esters is 1. The van der Waals surface area contributed by atoms with Crippen LogP contribution in [0, 0.1) is 35.5 Å². The minimum atomic E-state index is -2.31. The zero-order chi connectivity index (χ0) is 48.1. The largest absolute Gasteiger partial charge is 0.461 e. The summed E-state index contributed by atoms with van der Waals surface area (Å²) in [7, 11) is 3.16. The molecule has 1 aromatic rings. The molecule has 3 fully saturated rings. The minimum Gasteiger partial charge on any atom is -0.461 e. The van der Waals surface area contributed by atoms with Gasteiger partial charge in [0.2, 0.25) is 5.79 Å². The van der Waals surface area contributed by atoms with E-state index in [0.29, 0.717) is 69.8 Å². The Hall–Kier alpha value is -3.89. The van der Waals surface area contributed by atoms with Crippen molar-refractivity contribution >= 4 is 23.4 Å². The fraction of sp³-hybridized carbons (Fsp3) is 0.745. The zero-order valence-corrected chi connectivity index (χ0v) is 41.1. The van der Waals surface area contributed by atoms with E-state index in [4.69, 9.17) is 18.9 Å². The second-order valence-electron chi connectivity index (χ2n) is 20.2. The van der Waals surface area contributed by atoms with Gasteiger partial charge in [-0.3, -0.25) is 14.4 Å². The summed E-state index contributed by atoms with van der Waals surface area (Å²) >= 11 is 0. The molecule has 368 valence electrons. The van der Waals surface area contributed by atoms with Crippen molar-refractivity contribution in [2.75, 3.05) is 20.8 Å². The topological polar surface area (TPSA) is 192 Å². The van der Waals surface area contributed by atoms with Gasteiger partial charge < -0.3 is 34.1 Å². The van der Waals surface area contributed by atoms with Crippen molar-refractivity contribution in [2.45, 2.75) is 187 Å². The fourth-order valence-electron chi connectivity index (χ4n) is 10.6. The Morgan fingerprint density at radius 1 is 0.894 bits per heavy atom. The van der Waals surface area contributed by atoms with Gasteiger partial charge in [-0.2, -0.15) is 0 Å². The maximum absolute atomic E-state index is 14.5. The van der Waals surface area contributed by atoms with E-state index in [1.54, 1.807) is 25.0 Å².